The van der Waals surface area contributed by atoms with Crippen LogP contribution in [-0.4, -0.2) is 46.6 Å². The average Bonchev–Trinajstić information content (AvgIpc) is 2.27. The SMILES string of the molecule is CCCCN(CC)C(CC(C)OO)C(C)O. The van der Waals surface area contributed by atoms with Gasteiger partial charge in [0.15, 0.2) is 0 Å². The molecule has 0 aliphatic heterocycles. The average molecular weight is 233 g/mol. The number of likely N-dealkylation sites (N-methyl/N-ethyl adjacent to an activating group) is 1. The predicted octanol–water partition coefficient (Wildman–Crippen LogP) is 2.13. The van der Waals surface area contributed by atoms with Crippen molar-refractivity contribution in [1.29, 1.82) is 0 Å². The van der Waals surface area contributed by atoms with Gasteiger partial charge in [0.2, 0.25) is 0 Å². The maximum Gasteiger partial charge on any atom is 0.0915 e. The number of hydrogen-bond donors (Lipinski definition) is 2. The highest BCUT2D eigenvalue weighted by molar-refractivity contribution is 4.78. The minimum Gasteiger partial charge on any atom is -0.392 e. The van der Waals surface area contributed by atoms with Gasteiger partial charge in [-0.1, -0.05) is 20.3 Å². The Bertz CT molecular complexity index is 164. The van der Waals surface area contributed by atoms with E-state index in [1.165, 1.54) is 0 Å². The van der Waals surface area contributed by atoms with E-state index in [9.17, 15) is 5.11 Å². The number of unbranched alkanes of at least 4 members (excludes halogenated alkanes) is 1. The first-order chi connectivity index (χ1) is 7.56. The van der Waals surface area contributed by atoms with Gasteiger partial charge < -0.3 is 5.11 Å². The van der Waals surface area contributed by atoms with Gasteiger partial charge in [-0.25, -0.2) is 4.89 Å². The third kappa shape index (κ3) is 5.80. The third-order valence-corrected chi connectivity index (χ3v) is 2.98. The zero-order valence-corrected chi connectivity index (χ0v) is 11.0. The summed E-state index contributed by atoms with van der Waals surface area (Å²) < 4.78 is 0. The van der Waals surface area contributed by atoms with E-state index in [1.807, 2.05) is 6.92 Å². The van der Waals surface area contributed by atoms with Crippen molar-refractivity contribution in [1.82, 2.24) is 4.90 Å². The van der Waals surface area contributed by atoms with Crippen LogP contribution in [0.2, 0.25) is 0 Å². The molecule has 0 fully saturated rings. The smallest absolute Gasteiger partial charge is 0.0915 e. The van der Waals surface area contributed by atoms with E-state index in [0.29, 0.717) is 6.42 Å². The van der Waals surface area contributed by atoms with E-state index in [2.05, 4.69) is 23.6 Å². The van der Waals surface area contributed by atoms with E-state index in [4.69, 9.17) is 5.26 Å². The Morgan fingerprint density at radius 2 is 1.88 bits per heavy atom. The zero-order chi connectivity index (χ0) is 12.6. The molecule has 2 N–H and O–H groups in total. The van der Waals surface area contributed by atoms with Crippen molar-refractivity contribution in [3.05, 3.63) is 0 Å². The van der Waals surface area contributed by atoms with E-state index in [-0.39, 0.29) is 12.1 Å². The van der Waals surface area contributed by atoms with Gasteiger partial charge in [-0.15, -0.1) is 0 Å². The number of hydrogen-bond acceptors (Lipinski definition) is 4. The minimum atomic E-state index is -0.408. The summed E-state index contributed by atoms with van der Waals surface area (Å²) in [5.41, 5.74) is 0. The minimum absolute atomic E-state index is 0.0544. The summed E-state index contributed by atoms with van der Waals surface area (Å²) in [5, 5.41) is 18.4. The Balaban J connectivity index is 4.34. The molecule has 3 unspecified atom stereocenters. The van der Waals surface area contributed by atoms with Gasteiger partial charge in [-0.05, 0) is 39.8 Å². The molecule has 0 heterocycles. The highest BCUT2D eigenvalue weighted by Crippen LogP contribution is 2.14. The third-order valence-electron chi connectivity index (χ3n) is 2.98. The molecule has 4 nitrogen and oxygen atoms in total. The molecule has 0 aromatic carbocycles. The predicted molar refractivity (Wildman–Crippen MR) is 65.4 cm³/mol. The van der Waals surface area contributed by atoms with E-state index in [0.717, 1.165) is 25.9 Å². The summed E-state index contributed by atoms with van der Waals surface area (Å²) >= 11 is 0. The van der Waals surface area contributed by atoms with Gasteiger partial charge in [0.1, 0.15) is 0 Å². The lowest BCUT2D eigenvalue weighted by molar-refractivity contribution is -0.278. The first kappa shape index (κ1) is 15.8. The number of aliphatic hydroxyl groups is 1. The standard InChI is InChI=1S/C12H27NO3/c1-5-7-8-13(6-2)12(11(4)14)9-10(3)16-15/h10-12,14-15H,5-9H2,1-4H3. The van der Waals surface area contributed by atoms with Crippen LogP contribution in [0.15, 0.2) is 0 Å². The zero-order valence-electron chi connectivity index (χ0n) is 11.0. The largest absolute Gasteiger partial charge is 0.392 e. The molecule has 0 amide bonds. The summed E-state index contributed by atoms with van der Waals surface area (Å²) in [6.07, 6.45) is 2.27. The molecule has 98 valence electrons. The molecule has 0 saturated heterocycles. The van der Waals surface area contributed by atoms with Crippen LogP contribution in [0.4, 0.5) is 0 Å². The second-order valence-electron chi connectivity index (χ2n) is 4.44. The molecular formula is C12H27NO3. The van der Waals surface area contributed by atoms with Crippen molar-refractivity contribution in [3.8, 4) is 0 Å². The molecule has 0 spiro atoms. The Morgan fingerprint density at radius 3 is 2.25 bits per heavy atom. The van der Waals surface area contributed by atoms with Crippen LogP contribution in [0.5, 0.6) is 0 Å². The summed E-state index contributed by atoms with van der Waals surface area (Å²) in [6.45, 7) is 9.75. The van der Waals surface area contributed by atoms with Gasteiger partial charge in [-0.2, -0.15) is 0 Å². The lowest BCUT2D eigenvalue weighted by atomic mass is 10.0. The van der Waals surface area contributed by atoms with Gasteiger partial charge in [0, 0.05) is 6.04 Å². The Hall–Kier alpha value is -0.160. The van der Waals surface area contributed by atoms with Crippen molar-refractivity contribution in [2.45, 2.75) is 65.2 Å². The van der Waals surface area contributed by atoms with Gasteiger partial charge in [0.25, 0.3) is 0 Å². The molecule has 0 bridgehead atoms. The second kappa shape index (κ2) is 8.93. The first-order valence-electron chi connectivity index (χ1n) is 6.29. The maximum atomic E-state index is 9.78. The van der Waals surface area contributed by atoms with Crippen LogP contribution in [0.25, 0.3) is 0 Å². The van der Waals surface area contributed by atoms with Gasteiger partial charge >= 0.3 is 0 Å². The molecule has 0 aromatic rings. The quantitative estimate of drug-likeness (QED) is 0.473. The van der Waals surface area contributed by atoms with Crippen molar-refractivity contribution >= 4 is 0 Å². The molecule has 0 aliphatic carbocycles. The molecular weight excluding hydrogens is 206 g/mol. The van der Waals surface area contributed by atoms with Gasteiger partial charge in [-0.3, -0.25) is 10.2 Å². The van der Waals surface area contributed by atoms with E-state index < -0.39 is 6.10 Å². The molecule has 4 heteroatoms. The normalized spacial score (nSPS) is 17.4. The van der Waals surface area contributed by atoms with E-state index >= 15 is 0 Å². The van der Waals surface area contributed by atoms with Crippen LogP contribution in [0.3, 0.4) is 0 Å². The first-order valence-corrected chi connectivity index (χ1v) is 6.29. The molecule has 3 atom stereocenters. The Labute approximate surface area is 99.1 Å². The van der Waals surface area contributed by atoms with Gasteiger partial charge in [0.05, 0.1) is 12.2 Å². The van der Waals surface area contributed by atoms with Crippen LogP contribution < -0.4 is 0 Å². The summed E-state index contributed by atoms with van der Waals surface area (Å²) in [7, 11) is 0. The lowest BCUT2D eigenvalue weighted by Crippen LogP contribution is -2.44. The van der Waals surface area contributed by atoms with Crippen molar-refractivity contribution in [2.24, 2.45) is 0 Å². The van der Waals surface area contributed by atoms with E-state index in [1.54, 1.807) is 6.92 Å². The molecule has 0 radical (unpaired) electrons. The van der Waals surface area contributed by atoms with Crippen molar-refractivity contribution < 1.29 is 15.3 Å². The number of aliphatic hydroxyl groups excluding tert-OH is 1. The van der Waals surface area contributed by atoms with Crippen molar-refractivity contribution in [2.75, 3.05) is 13.1 Å². The molecule has 0 saturated carbocycles. The molecule has 0 rings (SSSR count). The molecule has 0 aliphatic rings. The summed E-state index contributed by atoms with van der Waals surface area (Å²) in [4.78, 5) is 6.55. The summed E-state index contributed by atoms with van der Waals surface area (Å²) in [6, 6.07) is 0.0544. The fourth-order valence-corrected chi connectivity index (χ4v) is 1.95. The van der Waals surface area contributed by atoms with Crippen LogP contribution in [0.1, 0.15) is 47.0 Å². The molecule has 0 aromatic heterocycles. The second-order valence-corrected chi connectivity index (χ2v) is 4.44. The highest BCUT2D eigenvalue weighted by atomic mass is 17.1. The number of rotatable bonds is 9. The van der Waals surface area contributed by atoms with Crippen molar-refractivity contribution in [3.63, 3.8) is 0 Å². The topological polar surface area (TPSA) is 52.9 Å². The number of nitrogens with zero attached hydrogens (tertiary/aromatic N) is 1. The summed E-state index contributed by atoms with van der Waals surface area (Å²) in [5.74, 6) is 0. The van der Waals surface area contributed by atoms with Crippen LogP contribution >= 0.6 is 0 Å². The lowest BCUT2D eigenvalue weighted by Gasteiger charge is -2.33. The van der Waals surface area contributed by atoms with Crippen LogP contribution in [0, 0.1) is 0 Å². The maximum absolute atomic E-state index is 9.78. The fraction of sp³-hybridized carbons (Fsp3) is 1.00. The van der Waals surface area contributed by atoms with Crippen LogP contribution in [-0.2, 0) is 4.89 Å². The monoisotopic (exact) mass is 233 g/mol. The molecule has 16 heavy (non-hydrogen) atoms. The highest BCUT2D eigenvalue weighted by Gasteiger charge is 2.24. The Kier molecular flexibility index (Phi) is 8.84. The fourth-order valence-electron chi connectivity index (χ4n) is 1.95. The Morgan fingerprint density at radius 1 is 1.25 bits per heavy atom.